The van der Waals surface area contributed by atoms with Crippen molar-refractivity contribution in [1.82, 2.24) is 10.4 Å². The fraction of sp³-hybridized carbons (Fsp3) is 0. The second-order valence-corrected chi connectivity index (χ2v) is 6.94. The molecule has 7 heteroatoms. The third-order valence-electron chi connectivity index (χ3n) is 4.12. The number of phenols is 2. The van der Waals surface area contributed by atoms with Crippen molar-refractivity contribution in [2.75, 3.05) is 0 Å². The Labute approximate surface area is 164 Å². The van der Waals surface area contributed by atoms with E-state index in [1.165, 1.54) is 24.4 Å². The monoisotopic (exact) mass is 389 g/mol. The zero-order valence-electron chi connectivity index (χ0n) is 14.5. The van der Waals surface area contributed by atoms with Crippen molar-refractivity contribution in [3.8, 4) is 22.1 Å². The molecule has 0 bridgehead atoms. The van der Waals surface area contributed by atoms with Crippen LogP contribution in [0.1, 0.15) is 15.9 Å². The van der Waals surface area contributed by atoms with Gasteiger partial charge in [-0.3, -0.25) is 4.79 Å². The Balaban J connectivity index is 1.65. The number of aromatic hydroxyl groups is 2. The summed E-state index contributed by atoms with van der Waals surface area (Å²) in [5.74, 6) is -0.568. The minimum Gasteiger partial charge on any atom is -0.508 e. The summed E-state index contributed by atoms with van der Waals surface area (Å²) < 4.78 is 0. The number of carbonyl (C=O) groups is 1. The number of benzene rings is 2. The highest BCUT2D eigenvalue weighted by atomic mass is 32.1. The van der Waals surface area contributed by atoms with E-state index in [2.05, 4.69) is 15.5 Å². The Morgan fingerprint density at radius 2 is 1.93 bits per heavy atom. The highest BCUT2D eigenvalue weighted by molar-refractivity contribution is 7.13. The van der Waals surface area contributed by atoms with Gasteiger partial charge in [0.15, 0.2) is 0 Å². The van der Waals surface area contributed by atoms with Crippen LogP contribution in [-0.2, 0) is 0 Å². The number of rotatable bonds is 4. The largest absolute Gasteiger partial charge is 0.508 e. The number of pyridine rings is 1. The van der Waals surface area contributed by atoms with E-state index in [0.29, 0.717) is 11.1 Å². The molecule has 0 unspecified atom stereocenters. The molecule has 4 aromatic rings. The second kappa shape index (κ2) is 7.50. The van der Waals surface area contributed by atoms with Crippen molar-refractivity contribution in [2.24, 2.45) is 5.10 Å². The fourth-order valence-electron chi connectivity index (χ4n) is 2.78. The molecule has 0 radical (unpaired) electrons. The number of nitrogens with one attached hydrogen (secondary N) is 1. The molecule has 0 aliphatic carbocycles. The number of para-hydroxylation sites is 1. The van der Waals surface area contributed by atoms with Crippen LogP contribution >= 0.6 is 11.3 Å². The molecule has 6 nitrogen and oxygen atoms in total. The van der Waals surface area contributed by atoms with E-state index in [1.807, 2.05) is 41.8 Å². The summed E-state index contributed by atoms with van der Waals surface area (Å²) in [6, 6.07) is 17.2. The molecule has 1 amide bonds. The van der Waals surface area contributed by atoms with Crippen LogP contribution in [0.5, 0.6) is 11.5 Å². The summed E-state index contributed by atoms with van der Waals surface area (Å²) in [5.41, 5.74) is 4.76. The number of hydrogen-bond donors (Lipinski definition) is 3. The molecule has 138 valence electrons. The Morgan fingerprint density at radius 3 is 2.71 bits per heavy atom. The molecule has 28 heavy (non-hydrogen) atoms. The number of hydrazone groups is 1. The predicted octanol–water partition coefficient (Wildman–Crippen LogP) is 4.14. The molecule has 4 rings (SSSR count). The van der Waals surface area contributed by atoms with Gasteiger partial charge in [-0.05, 0) is 35.7 Å². The lowest BCUT2D eigenvalue weighted by atomic mass is 10.1. The minimum atomic E-state index is -0.383. The van der Waals surface area contributed by atoms with Gasteiger partial charge in [0.2, 0.25) is 0 Å². The highest BCUT2D eigenvalue weighted by Gasteiger charge is 2.14. The van der Waals surface area contributed by atoms with E-state index in [-0.39, 0.29) is 17.4 Å². The topological polar surface area (TPSA) is 94.8 Å². The Morgan fingerprint density at radius 1 is 1.07 bits per heavy atom. The van der Waals surface area contributed by atoms with Gasteiger partial charge in [0, 0.05) is 17.0 Å². The molecular formula is C21H15N3O3S. The van der Waals surface area contributed by atoms with E-state index in [0.717, 1.165) is 21.5 Å². The number of aromatic nitrogens is 1. The highest BCUT2D eigenvalue weighted by Crippen LogP contribution is 2.28. The first-order valence-electron chi connectivity index (χ1n) is 8.41. The number of hydrogen-bond acceptors (Lipinski definition) is 6. The van der Waals surface area contributed by atoms with Crippen LogP contribution in [-0.4, -0.2) is 27.3 Å². The van der Waals surface area contributed by atoms with E-state index >= 15 is 0 Å². The summed E-state index contributed by atoms with van der Waals surface area (Å²) in [7, 11) is 0. The van der Waals surface area contributed by atoms with Crippen LogP contribution in [0.3, 0.4) is 0 Å². The van der Waals surface area contributed by atoms with Gasteiger partial charge in [-0.25, -0.2) is 10.4 Å². The van der Waals surface area contributed by atoms with Crippen molar-refractivity contribution >= 4 is 34.4 Å². The lowest BCUT2D eigenvalue weighted by Crippen LogP contribution is -2.18. The maximum Gasteiger partial charge on any atom is 0.272 e. The fourth-order valence-corrected chi connectivity index (χ4v) is 3.46. The van der Waals surface area contributed by atoms with Crippen LogP contribution in [0.2, 0.25) is 0 Å². The zero-order chi connectivity index (χ0) is 19.5. The van der Waals surface area contributed by atoms with E-state index < -0.39 is 0 Å². The first-order valence-corrected chi connectivity index (χ1v) is 9.29. The zero-order valence-corrected chi connectivity index (χ0v) is 15.4. The molecule has 2 aromatic carbocycles. The van der Waals surface area contributed by atoms with Crippen molar-refractivity contribution in [2.45, 2.75) is 0 Å². The number of fused-ring (bicyclic) bond motifs is 1. The quantitative estimate of drug-likeness (QED) is 0.361. The molecule has 2 aromatic heterocycles. The molecule has 0 aliphatic heterocycles. The van der Waals surface area contributed by atoms with Crippen LogP contribution in [0, 0.1) is 0 Å². The van der Waals surface area contributed by atoms with Crippen molar-refractivity contribution in [3.05, 3.63) is 77.2 Å². The SMILES string of the molecule is O=C(NN=Cc1ccc(O)cc1O)c1cc(-c2cccs2)nc2ccccc12. The van der Waals surface area contributed by atoms with Crippen molar-refractivity contribution < 1.29 is 15.0 Å². The van der Waals surface area contributed by atoms with Gasteiger partial charge >= 0.3 is 0 Å². The molecule has 0 aliphatic rings. The lowest BCUT2D eigenvalue weighted by Gasteiger charge is -2.08. The summed E-state index contributed by atoms with van der Waals surface area (Å²) >= 11 is 1.55. The number of nitrogens with zero attached hydrogens (tertiary/aromatic N) is 2. The van der Waals surface area contributed by atoms with E-state index in [1.54, 1.807) is 17.4 Å². The molecule has 2 heterocycles. The maximum atomic E-state index is 12.8. The predicted molar refractivity (Wildman–Crippen MR) is 110 cm³/mol. The van der Waals surface area contributed by atoms with Gasteiger partial charge in [-0.2, -0.15) is 5.10 Å². The summed E-state index contributed by atoms with van der Waals surface area (Å²) in [4.78, 5) is 18.4. The van der Waals surface area contributed by atoms with Crippen molar-refractivity contribution in [3.63, 3.8) is 0 Å². The molecule has 0 saturated carbocycles. The Bertz CT molecular complexity index is 1190. The van der Waals surface area contributed by atoms with Crippen LogP contribution in [0.4, 0.5) is 0 Å². The average molecular weight is 389 g/mol. The molecule has 0 saturated heterocycles. The minimum absolute atomic E-state index is 0.0527. The molecular weight excluding hydrogens is 374 g/mol. The third-order valence-corrected chi connectivity index (χ3v) is 5.01. The van der Waals surface area contributed by atoms with Gasteiger partial charge < -0.3 is 10.2 Å². The average Bonchev–Trinajstić information content (AvgIpc) is 3.23. The molecule has 0 fully saturated rings. The van der Waals surface area contributed by atoms with E-state index in [4.69, 9.17) is 0 Å². The summed E-state index contributed by atoms with van der Waals surface area (Å²) in [5, 5.41) is 25.7. The van der Waals surface area contributed by atoms with Crippen LogP contribution in [0.15, 0.2) is 71.1 Å². The lowest BCUT2D eigenvalue weighted by molar-refractivity contribution is 0.0956. The van der Waals surface area contributed by atoms with Gasteiger partial charge in [0.25, 0.3) is 5.91 Å². The number of phenolic OH excluding ortho intramolecular Hbond substituents is 2. The summed E-state index contributed by atoms with van der Waals surface area (Å²) in [6.45, 7) is 0. The van der Waals surface area contributed by atoms with Gasteiger partial charge in [-0.1, -0.05) is 24.3 Å². The summed E-state index contributed by atoms with van der Waals surface area (Å²) in [6.07, 6.45) is 1.32. The maximum absolute atomic E-state index is 12.8. The van der Waals surface area contributed by atoms with Gasteiger partial charge in [0.1, 0.15) is 11.5 Å². The molecule has 0 atom stereocenters. The first kappa shape index (κ1) is 17.7. The smallest absolute Gasteiger partial charge is 0.272 e. The van der Waals surface area contributed by atoms with Crippen LogP contribution < -0.4 is 5.43 Å². The standard InChI is InChI=1S/C21H15N3O3S/c25-14-8-7-13(19(26)10-14)12-22-24-21(27)16-11-18(20-6-3-9-28-20)23-17-5-2-1-4-15(16)17/h1-12,25-26H,(H,24,27). The Hall–Kier alpha value is -3.71. The van der Waals surface area contributed by atoms with E-state index in [9.17, 15) is 15.0 Å². The van der Waals surface area contributed by atoms with Crippen molar-refractivity contribution in [1.29, 1.82) is 0 Å². The molecule has 0 spiro atoms. The molecule has 3 N–H and O–H groups in total. The number of amides is 1. The normalized spacial score (nSPS) is 11.1. The Kier molecular flexibility index (Phi) is 4.74. The van der Waals surface area contributed by atoms with Crippen LogP contribution in [0.25, 0.3) is 21.5 Å². The number of carbonyl (C=O) groups excluding carboxylic acids is 1. The van der Waals surface area contributed by atoms with Gasteiger partial charge in [0.05, 0.1) is 27.9 Å². The van der Waals surface area contributed by atoms with Gasteiger partial charge in [-0.15, -0.1) is 11.3 Å². The third kappa shape index (κ3) is 3.56. The first-order chi connectivity index (χ1) is 13.6. The number of thiophene rings is 1. The second-order valence-electron chi connectivity index (χ2n) is 5.99.